The molecule has 0 heterocycles. The minimum absolute atomic E-state index is 0.308. The number of benzene rings is 3. The first-order valence-electron chi connectivity index (χ1n) is 10.9. The van der Waals surface area contributed by atoms with Crippen LogP contribution in [0.15, 0.2) is 72.8 Å². The van der Waals surface area contributed by atoms with E-state index in [0.717, 1.165) is 30.4 Å². The highest BCUT2D eigenvalue weighted by Gasteiger charge is 2.18. The average molecular weight is 479 g/mol. The number of halogens is 2. The maximum atomic E-state index is 13.3. The van der Waals surface area contributed by atoms with E-state index >= 15 is 0 Å². The normalized spacial score (nSPS) is 13.2. The third kappa shape index (κ3) is 6.04. The second kappa shape index (κ2) is 10.7. The molecule has 2 amide bonds. The number of nitrogens with zero attached hydrogens (tertiary/aromatic N) is 1. The first-order chi connectivity index (χ1) is 16.0. The summed E-state index contributed by atoms with van der Waals surface area (Å²) in [6.07, 6.45) is 7.76. The van der Waals surface area contributed by atoms with Gasteiger partial charge in [0.25, 0.3) is 0 Å². The predicted octanol–water partition coefficient (Wildman–Crippen LogP) is 8.00. The molecule has 3 aromatic rings. The van der Waals surface area contributed by atoms with Gasteiger partial charge in [0.2, 0.25) is 0 Å². The molecule has 0 saturated carbocycles. The second-order valence-corrected chi connectivity index (χ2v) is 8.93. The van der Waals surface area contributed by atoms with Crippen molar-refractivity contribution >= 4 is 52.5 Å². The van der Waals surface area contributed by atoms with Crippen LogP contribution in [-0.2, 0) is 6.54 Å². The molecule has 0 radical (unpaired) electrons. The second-order valence-electron chi connectivity index (χ2n) is 8.06. The van der Waals surface area contributed by atoms with Crippen LogP contribution in [0, 0.1) is 0 Å². The van der Waals surface area contributed by atoms with E-state index in [4.69, 9.17) is 23.2 Å². The summed E-state index contributed by atoms with van der Waals surface area (Å²) in [6.45, 7) is 0.335. The van der Waals surface area contributed by atoms with Gasteiger partial charge < -0.3 is 5.32 Å². The van der Waals surface area contributed by atoms with Crippen molar-refractivity contribution in [2.75, 3.05) is 10.2 Å². The van der Waals surface area contributed by atoms with E-state index in [1.807, 2.05) is 24.3 Å². The Morgan fingerprint density at radius 2 is 1.64 bits per heavy atom. The SMILES string of the molecule is O=Cc1ccc(CN(C(=O)Nc2cc(Cl)cc(Cl)c2)c2ccc(C3=CCCCC3)cc2)cc1. The number of anilines is 2. The Kier molecular flexibility index (Phi) is 7.48. The summed E-state index contributed by atoms with van der Waals surface area (Å²) >= 11 is 12.2. The van der Waals surface area contributed by atoms with Crippen LogP contribution in [0.25, 0.3) is 5.57 Å². The van der Waals surface area contributed by atoms with E-state index in [1.54, 1.807) is 35.2 Å². The Balaban J connectivity index is 1.61. The summed E-state index contributed by atoms with van der Waals surface area (Å²) in [4.78, 5) is 26.0. The number of urea groups is 1. The minimum atomic E-state index is -0.308. The van der Waals surface area contributed by atoms with Gasteiger partial charge in [-0.15, -0.1) is 0 Å². The number of nitrogens with one attached hydrogen (secondary N) is 1. The smallest absolute Gasteiger partial charge is 0.307 e. The molecule has 168 valence electrons. The highest BCUT2D eigenvalue weighted by Crippen LogP contribution is 2.29. The number of aldehydes is 1. The van der Waals surface area contributed by atoms with E-state index in [1.165, 1.54) is 24.0 Å². The lowest BCUT2D eigenvalue weighted by atomic mass is 9.93. The fourth-order valence-corrected chi connectivity index (χ4v) is 4.46. The summed E-state index contributed by atoms with van der Waals surface area (Å²) in [5, 5.41) is 3.78. The topological polar surface area (TPSA) is 49.4 Å². The third-order valence-corrected chi connectivity index (χ3v) is 6.09. The van der Waals surface area contributed by atoms with Crippen LogP contribution in [0.2, 0.25) is 10.0 Å². The van der Waals surface area contributed by atoms with E-state index in [9.17, 15) is 9.59 Å². The number of carbonyl (C=O) groups is 2. The van der Waals surface area contributed by atoms with Crippen molar-refractivity contribution in [1.82, 2.24) is 0 Å². The van der Waals surface area contributed by atoms with E-state index in [2.05, 4.69) is 23.5 Å². The van der Waals surface area contributed by atoms with Crippen molar-refractivity contribution < 1.29 is 9.59 Å². The van der Waals surface area contributed by atoms with E-state index < -0.39 is 0 Å². The van der Waals surface area contributed by atoms with Gasteiger partial charge in [-0.2, -0.15) is 0 Å². The molecule has 0 bridgehead atoms. The Bertz CT molecular complexity index is 1150. The predicted molar refractivity (Wildman–Crippen MR) is 136 cm³/mol. The third-order valence-electron chi connectivity index (χ3n) is 5.66. The van der Waals surface area contributed by atoms with Gasteiger partial charge in [-0.05, 0) is 72.7 Å². The van der Waals surface area contributed by atoms with Gasteiger partial charge in [-0.25, -0.2) is 4.79 Å². The number of hydrogen-bond acceptors (Lipinski definition) is 2. The molecule has 4 nitrogen and oxygen atoms in total. The first kappa shape index (κ1) is 23.1. The van der Waals surface area contributed by atoms with Crippen LogP contribution in [-0.4, -0.2) is 12.3 Å². The van der Waals surface area contributed by atoms with Crippen LogP contribution in [0.3, 0.4) is 0 Å². The molecular weight excluding hydrogens is 455 g/mol. The maximum Gasteiger partial charge on any atom is 0.326 e. The molecule has 1 N–H and O–H groups in total. The molecular formula is C27H24Cl2N2O2. The molecule has 0 fully saturated rings. The number of hydrogen-bond donors (Lipinski definition) is 1. The van der Waals surface area contributed by atoms with Crippen LogP contribution < -0.4 is 10.2 Å². The zero-order valence-electron chi connectivity index (χ0n) is 18.1. The molecule has 1 aliphatic rings. The molecule has 0 aromatic heterocycles. The standard InChI is InChI=1S/C27H24Cl2N2O2/c28-23-14-24(29)16-25(15-23)30-27(33)31(17-19-6-8-20(18-32)9-7-19)26-12-10-22(11-13-26)21-4-2-1-3-5-21/h4,6-16,18H,1-3,5,17H2,(H,30,33). The monoisotopic (exact) mass is 478 g/mol. The molecule has 3 aromatic carbocycles. The van der Waals surface area contributed by atoms with E-state index in [0.29, 0.717) is 27.8 Å². The highest BCUT2D eigenvalue weighted by atomic mass is 35.5. The zero-order chi connectivity index (χ0) is 23.2. The zero-order valence-corrected chi connectivity index (χ0v) is 19.6. The molecule has 0 unspecified atom stereocenters. The van der Waals surface area contributed by atoms with Crippen LogP contribution in [0.1, 0.15) is 47.2 Å². The van der Waals surface area contributed by atoms with Gasteiger partial charge in [-0.3, -0.25) is 9.69 Å². The Morgan fingerprint density at radius 3 is 2.24 bits per heavy atom. The molecule has 0 aliphatic heterocycles. The summed E-state index contributed by atoms with van der Waals surface area (Å²) in [5.41, 5.74) is 5.33. The van der Waals surface area contributed by atoms with E-state index in [-0.39, 0.29) is 6.03 Å². The summed E-state index contributed by atoms with van der Waals surface area (Å²) in [6, 6.07) is 19.9. The Labute approximate surface area is 203 Å². The number of allylic oxidation sites excluding steroid dienone is 2. The average Bonchev–Trinajstić information content (AvgIpc) is 2.83. The fourth-order valence-electron chi connectivity index (χ4n) is 3.94. The lowest BCUT2D eigenvalue weighted by molar-refractivity contribution is 0.112. The van der Waals surface area contributed by atoms with Crippen molar-refractivity contribution in [3.8, 4) is 0 Å². The lowest BCUT2D eigenvalue weighted by Crippen LogP contribution is -2.34. The largest absolute Gasteiger partial charge is 0.326 e. The van der Waals surface area contributed by atoms with Crippen LogP contribution in [0.4, 0.5) is 16.2 Å². The lowest BCUT2D eigenvalue weighted by Gasteiger charge is -2.24. The first-order valence-corrected chi connectivity index (χ1v) is 11.7. The van der Waals surface area contributed by atoms with Gasteiger partial charge in [0.15, 0.2) is 0 Å². The van der Waals surface area contributed by atoms with Gasteiger partial charge in [0.1, 0.15) is 6.29 Å². The summed E-state index contributed by atoms with van der Waals surface area (Å²) in [5.74, 6) is 0. The van der Waals surface area contributed by atoms with Crippen LogP contribution in [0.5, 0.6) is 0 Å². The van der Waals surface area contributed by atoms with Gasteiger partial charge in [-0.1, -0.05) is 65.7 Å². The number of carbonyl (C=O) groups excluding carboxylic acids is 2. The quantitative estimate of drug-likeness (QED) is 0.364. The van der Waals surface area contributed by atoms with Gasteiger partial charge in [0, 0.05) is 27.0 Å². The number of amides is 2. The van der Waals surface area contributed by atoms with Gasteiger partial charge in [0.05, 0.1) is 6.54 Å². The minimum Gasteiger partial charge on any atom is -0.307 e. The molecule has 1 aliphatic carbocycles. The molecule has 0 atom stereocenters. The molecule has 6 heteroatoms. The fraction of sp³-hybridized carbons (Fsp3) is 0.185. The molecule has 4 rings (SSSR count). The molecule has 33 heavy (non-hydrogen) atoms. The highest BCUT2D eigenvalue weighted by molar-refractivity contribution is 6.35. The Hall–Kier alpha value is -3.08. The van der Waals surface area contributed by atoms with Crippen molar-refractivity contribution in [2.24, 2.45) is 0 Å². The van der Waals surface area contributed by atoms with Crippen molar-refractivity contribution in [3.05, 3.63) is 99.5 Å². The van der Waals surface area contributed by atoms with Crippen molar-refractivity contribution in [3.63, 3.8) is 0 Å². The summed E-state index contributed by atoms with van der Waals surface area (Å²) < 4.78 is 0. The molecule has 0 saturated heterocycles. The van der Waals surface area contributed by atoms with Crippen molar-refractivity contribution in [2.45, 2.75) is 32.2 Å². The summed E-state index contributed by atoms with van der Waals surface area (Å²) in [7, 11) is 0. The number of rotatable bonds is 6. The van der Waals surface area contributed by atoms with Gasteiger partial charge >= 0.3 is 6.03 Å². The van der Waals surface area contributed by atoms with Crippen molar-refractivity contribution in [1.29, 1.82) is 0 Å². The molecule has 0 spiro atoms. The van der Waals surface area contributed by atoms with Crippen LogP contribution >= 0.6 is 23.2 Å². The Morgan fingerprint density at radius 1 is 0.939 bits per heavy atom. The maximum absolute atomic E-state index is 13.3.